The summed E-state index contributed by atoms with van der Waals surface area (Å²) >= 11 is 3.29. The van der Waals surface area contributed by atoms with Crippen LogP contribution in [0, 0.1) is 16.7 Å². The number of para-hydroxylation sites is 2. The van der Waals surface area contributed by atoms with E-state index < -0.39 is 0 Å². The molecule has 0 spiro atoms. The van der Waals surface area contributed by atoms with Crippen LogP contribution in [0.2, 0.25) is 0 Å². The summed E-state index contributed by atoms with van der Waals surface area (Å²) in [6, 6.07) is 17.1. The number of halogens is 1. The second-order valence-electron chi connectivity index (χ2n) is 3.94. The highest BCUT2D eigenvalue weighted by Crippen LogP contribution is 2.24. The minimum absolute atomic E-state index is 0.492. The normalized spacial score (nSPS) is 9.68. The van der Waals surface area contributed by atoms with Crippen LogP contribution in [0.1, 0.15) is 11.1 Å². The molecule has 0 amide bonds. The molecule has 2 rings (SSSR count). The Hall–Kier alpha value is -2.12. The third-order valence-corrected chi connectivity index (χ3v) is 3.26. The third kappa shape index (κ3) is 3.01. The molecule has 0 heterocycles. The summed E-state index contributed by atoms with van der Waals surface area (Å²) in [5, 5.41) is 20.7. The first kappa shape index (κ1) is 13.3. The Morgan fingerprint density at radius 2 is 1.74 bits per heavy atom. The molecular weight excluding hydrogens is 302 g/mol. The van der Waals surface area contributed by atoms with Crippen LogP contribution in [-0.4, -0.2) is 11.0 Å². The van der Waals surface area contributed by atoms with Gasteiger partial charge in [0.15, 0.2) is 0 Å². The Kier molecular flexibility index (Phi) is 4.32. The van der Waals surface area contributed by atoms with Crippen molar-refractivity contribution < 1.29 is 0 Å². The van der Waals surface area contributed by atoms with E-state index in [0.29, 0.717) is 16.6 Å². The zero-order valence-corrected chi connectivity index (χ0v) is 11.7. The minimum atomic E-state index is 0.492. The smallest absolute Gasteiger partial charge is 0.101 e. The largest absolute Gasteiger partial charge is 0.354 e. The van der Waals surface area contributed by atoms with Crippen molar-refractivity contribution in [2.24, 2.45) is 0 Å². The number of benzene rings is 2. The fraction of sp³-hybridized carbons (Fsp3) is 0.0667. The fourth-order valence-corrected chi connectivity index (χ4v) is 2.06. The zero-order chi connectivity index (χ0) is 13.7. The molecule has 2 aromatic rings. The molecule has 19 heavy (non-hydrogen) atoms. The van der Waals surface area contributed by atoms with Crippen LogP contribution in [0.3, 0.4) is 0 Å². The number of hydrogen-bond acceptors (Lipinski definition) is 3. The molecule has 0 bridgehead atoms. The van der Waals surface area contributed by atoms with E-state index in [1.54, 1.807) is 6.07 Å². The van der Waals surface area contributed by atoms with Crippen molar-refractivity contribution in [1.82, 2.24) is 0 Å². The Morgan fingerprint density at radius 3 is 2.42 bits per heavy atom. The molecule has 0 aliphatic rings. The Balaban J connectivity index is 2.39. The van der Waals surface area contributed by atoms with E-state index in [1.807, 2.05) is 42.5 Å². The SMILES string of the molecule is N#Cc1ccccc1Nc1ccccc1C(=N)CBr. The molecule has 3 nitrogen and oxygen atoms in total. The van der Waals surface area contributed by atoms with E-state index in [-0.39, 0.29) is 0 Å². The van der Waals surface area contributed by atoms with Gasteiger partial charge in [0.1, 0.15) is 6.07 Å². The molecule has 0 aliphatic heterocycles. The van der Waals surface area contributed by atoms with Crippen molar-refractivity contribution in [2.45, 2.75) is 0 Å². The predicted octanol–water partition coefficient (Wildman–Crippen LogP) is 4.06. The highest BCUT2D eigenvalue weighted by Gasteiger charge is 2.08. The maximum atomic E-state index is 9.08. The molecule has 0 saturated carbocycles. The van der Waals surface area contributed by atoms with Crippen LogP contribution in [-0.2, 0) is 0 Å². The van der Waals surface area contributed by atoms with Gasteiger partial charge in [0, 0.05) is 16.6 Å². The van der Waals surface area contributed by atoms with Gasteiger partial charge in [-0.25, -0.2) is 0 Å². The first-order valence-electron chi connectivity index (χ1n) is 5.75. The Bertz CT molecular complexity index is 644. The number of hydrogen-bond donors (Lipinski definition) is 2. The van der Waals surface area contributed by atoms with Gasteiger partial charge in [-0.3, -0.25) is 0 Å². The predicted molar refractivity (Wildman–Crippen MR) is 81.5 cm³/mol. The summed E-state index contributed by atoms with van der Waals surface area (Å²) in [6.45, 7) is 0. The van der Waals surface area contributed by atoms with E-state index in [1.165, 1.54) is 0 Å². The molecule has 0 radical (unpaired) electrons. The van der Waals surface area contributed by atoms with Crippen LogP contribution in [0.4, 0.5) is 11.4 Å². The van der Waals surface area contributed by atoms with Gasteiger partial charge in [-0.05, 0) is 18.2 Å². The van der Waals surface area contributed by atoms with E-state index in [2.05, 4.69) is 27.3 Å². The summed E-state index contributed by atoms with van der Waals surface area (Å²) in [7, 11) is 0. The molecule has 94 valence electrons. The van der Waals surface area contributed by atoms with Gasteiger partial charge >= 0.3 is 0 Å². The van der Waals surface area contributed by atoms with E-state index in [0.717, 1.165) is 16.9 Å². The number of anilines is 2. The van der Waals surface area contributed by atoms with Crippen molar-refractivity contribution in [3.8, 4) is 6.07 Å². The Morgan fingerprint density at radius 1 is 1.11 bits per heavy atom. The molecule has 0 fully saturated rings. The average Bonchev–Trinajstić information content (AvgIpc) is 2.47. The molecule has 0 aliphatic carbocycles. The average molecular weight is 314 g/mol. The molecule has 4 heteroatoms. The molecule has 2 aromatic carbocycles. The van der Waals surface area contributed by atoms with Gasteiger partial charge in [0.2, 0.25) is 0 Å². The zero-order valence-electron chi connectivity index (χ0n) is 10.2. The molecule has 0 atom stereocenters. The number of alkyl halides is 1. The van der Waals surface area contributed by atoms with Crippen LogP contribution >= 0.6 is 15.9 Å². The second kappa shape index (κ2) is 6.17. The quantitative estimate of drug-likeness (QED) is 0.660. The lowest BCUT2D eigenvalue weighted by atomic mass is 10.1. The van der Waals surface area contributed by atoms with Gasteiger partial charge in [0.25, 0.3) is 0 Å². The Labute approximate surface area is 120 Å². The van der Waals surface area contributed by atoms with Crippen molar-refractivity contribution >= 4 is 33.0 Å². The van der Waals surface area contributed by atoms with Crippen molar-refractivity contribution in [3.05, 3.63) is 59.7 Å². The molecule has 0 aromatic heterocycles. The first-order valence-corrected chi connectivity index (χ1v) is 6.87. The van der Waals surface area contributed by atoms with Crippen molar-refractivity contribution in [1.29, 1.82) is 10.7 Å². The molecule has 0 saturated heterocycles. The summed E-state index contributed by atoms with van der Waals surface area (Å²) in [4.78, 5) is 0. The lowest BCUT2D eigenvalue weighted by Gasteiger charge is -2.12. The number of rotatable bonds is 4. The highest BCUT2D eigenvalue weighted by molar-refractivity contribution is 9.09. The van der Waals surface area contributed by atoms with Crippen molar-refractivity contribution in [2.75, 3.05) is 10.6 Å². The maximum absolute atomic E-state index is 9.08. The first-order chi connectivity index (χ1) is 9.26. The van der Waals surface area contributed by atoms with Crippen molar-refractivity contribution in [3.63, 3.8) is 0 Å². The number of nitriles is 1. The number of nitrogens with one attached hydrogen (secondary N) is 2. The third-order valence-electron chi connectivity index (χ3n) is 2.70. The van der Waals surface area contributed by atoms with Gasteiger partial charge in [-0.1, -0.05) is 46.3 Å². The van der Waals surface area contributed by atoms with Gasteiger partial charge in [-0.15, -0.1) is 0 Å². The second-order valence-corrected chi connectivity index (χ2v) is 4.50. The van der Waals surface area contributed by atoms with Crippen LogP contribution < -0.4 is 5.32 Å². The fourth-order valence-electron chi connectivity index (χ4n) is 1.76. The summed E-state index contributed by atoms with van der Waals surface area (Å²) in [6.07, 6.45) is 0. The minimum Gasteiger partial charge on any atom is -0.354 e. The van der Waals surface area contributed by atoms with Crippen LogP contribution in [0.15, 0.2) is 48.5 Å². The number of nitrogens with zero attached hydrogens (tertiary/aromatic N) is 1. The van der Waals surface area contributed by atoms with Gasteiger partial charge in [0.05, 0.1) is 17.0 Å². The maximum Gasteiger partial charge on any atom is 0.101 e. The monoisotopic (exact) mass is 313 g/mol. The lowest BCUT2D eigenvalue weighted by Crippen LogP contribution is -2.05. The lowest BCUT2D eigenvalue weighted by molar-refractivity contribution is 1.43. The van der Waals surface area contributed by atoms with Crippen LogP contribution in [0.25, 0.3) is 0 Å². The molecular formula is C15H12BrN3. The molecule has 0 unspecified atom stereocenters. The van der Waals surface area contributed by atoms with E-state index >= 15 is 0 Å². The van der Waals surface area contributed by atoms with Gasteiger partial charge < -0.3 is 10.7 Å². The summed E-state index contributed by atoms with van der Waals surface area (Å²) < 4.78 is 0. The van der Waals surface area contributed by atoms with E-state index in [9.17, 15) is 0 Å². The topological polar surface area (TPSA) is 59.7 Å². The highest BCUT2D eigenvalue weighted by atomic mass is 79.9. The van der Waals surface area contributed by atoms with E-state index in [4.69, 9.17) is 10.7 Å². The standard InChI is InChI=1S/C15H12BrN3/c16-9-13(18)12-6-2-4-8-15(12)19-14-7-3-1-5-11(14)10-17/h1-8,18-19H,9H2. The molecule has 2 N–H and O–H groups in total. The van der Waals surface area contributed by atoms with Gasteiger partial charge in [-0.2, -0.15) is 5.26 Å². The summed E-state index contributed by atoms with van der Waals surface area (Å²) in [5.41, 5.74) is 3.49. The summed E-state index contributed by atoms with van der Waals surface area (Å²) in [5.74, 6) is 0. The van der Waals surface area contributed by atoms with Crippen LogP contribution in [0.5, 0.6) is 0 Å².